The Bertz CT molecular complexity index is 1130. The molecule has 2 aromatic rings. The van der Waals surface area contributed by atoms with Crippen molar-refractivity contribution in [1.82, 2.24) is 0 Å². The minimum absolute atomic E-state index is 0.186. The molecule has 0 saturated carbocycles. The highest BCUT2D eigenvalue weighted by molar-refractivity contribution is 7.86. The van der Waals surface area contributed by atoms with Crippen molar-refractivity contribution in [1.29, 1.82) is 0 Å². The van der Waals surface area contributed by atoms with Crippen molar-refractivity contribution in [3.05, 3.63) is 47.5 Å². The fourth-order valence-electron chi connectivity index (χ4n) is 3.44. The SMILES string of the molecule is CCN(CCCS(=O)(=O)O)c1cc(C)cc(C)c1.COc1cc(NCCCS(=O)(=O)O)cc(OC)c1. The van der Waals surface area contributed by atoms with Crippen molar-refractivity contribution >= 4 is 31.6 Å². The lowest BCUT2D eigenvalue weighted by Crippen LogP contribution is -2.25. The maximum atomic E-state index is 10.7. The summed E-state index contributed by atoms with van der Waals surface area (Å²) in [4.78, 5) is 2.12. The number of hydrogen-bond donors (Lipinski definition) is 3. The van der Waals surface area contributed by atoms with E-state index in [4.69, 9.17) is 18.6 Å². The fourth-order valence-corrected chi connectivity index (χ4v) is 4.44. The van der Waals surface area contributed by atoms with Gasteiger partial charge in [-0.2, -0.15) is 16.8 Å². The van der Waals surface area contributed by atoms with Crippen LogP contribution in [0.1, 0.15) is 30.9 Å². The number of nitrogens with one attached hydrogen (secondary N) is 1. The van der Waals surface area contributed by atoms with Crippen LogP contribution in [0.3, 0.4) is 0 Å². The van der Waals surface area contributed by atoms with Crippen molar-refractivity contribution in [3.63, 3.8) is 0 Å². The van der Waals surface area contributed by atoms with Crippen LogP contribution in [-0.2, 0) is 20.2 Å². The Hall–Kier alpha value is -2.54. The minimum atomic E-state index is -3.89. The summed E-state index contributed by atoms with van der Waals surface area (Å²) in [6.45, 7) is 7.99. The summed E-state index contributed by atoms with van der Waals surface area (Å²) in [6.07, 6.45) is 0.748. The van der Waals surface area contributed by atoms with E-state index in [1.807, 2.05) is 20.8 Å². The molecule has 0 aliphatic heterocycles. The standard InChI is InChI=1S/C13H21NO3S.C11H17NO5S/c1-4-14(6-5-7-18(15,16)17)13-9-11(2)8-12(3)10-13;1-16-10-6-9(7-11(8-10)17-2)12-4-3-5-18(13,14)15/h8-10H,4-7H2,1-3H3,(H,15,16,17);6-8,12H,3-5H2,1-2H3,(H,13,14,15). The van der Waals surface area contributed by atoms with Crippen LogP contribution < -0.4 is 19.7 Å². The first kappa shape index (κ1) is 31.5. The van der Waals surface area contributed by atoms with Gasteiger partial charge in [0, 0.05) is 49.2 Å². The fraction of sp³-hybridized carbons (Fsp3) is 0.500. The summed E-state index contributed by atoms with van der Waals surface area (Å²) in [5, 5.41) is 3.03. The summed E-state index contributed by atoms with van der Waals surface area (Å²) >= 11 is 0. The Morgan fingerprint density at radius 3 is 1.75 bits per heavy atom. The van der Waals surface area contributed by atoms with Gasteiger partial charge in [0.1, 0.15) is 11.5 Å². The van der Waals surface area contributed by atoms with Crippen molar-refractivity contribution < 1.29 is 35.4 Å². The van der Waals surface area contributed by atoms with Crippen LogP contribution in [0.25, 0.3) is 0 Å². The minimum Gasteiger partial charge on any atom is -0.497 e. The van der Waals surface area contributed by atoms with Crippen molar-refractivity contribution in [3.8, 4) is 11.5 Å². The average molecular weight is 547 g/mol. The molecule has 0 atom stereocenters. The van der Waals surface area contributed by atoms with Gasteiger partial charge < -0.3 is 19.7 Å². The van der Waals surface area contributed by atoms with E-state index in [9.17, 15) is 16.8 Å². The molecule has 2 rings (SSSR count). The van der Waals surface area contributed by atoms with Gasteiger partial charge >= 0.3 is 0 Å². The highest BCUT2D eigenvalue weighted by atomic mass is 32.2. The maximum absolute atomic E-state index is 10.7. The lowest BCUT2D eigenvalue weighted by molar-refractivity contribution is 0.394. The smallest absolute Gasteiger partial charge is 0.264 e. The Morgan fingerprint density at radius 1 is 0.806 bits per heavy atom. The number of benzene rings is 2. The van der Waals surface area contributed by atoms with Gasteiger partial charge in [-0.1, -0.05) is 6.07 Å². The molecule has 0 unspecified atom stereocenters. The molecule has 0 heterocycles. The molecule has 0 saturated heterocycles. The van der Waals surface area contributed by atoms with Gasteiger partial charge in [-0.3, -0.25) is 9.11 Å². The molecule has 0 radical (unpaired) electrons. The highest BCUT2D eigenvalue weighted by Crippen LogP contribution is 2.25. The Balaban J connectivity index is 0.000000360. The zero-order chi connectivity index (χ0) is 27.4. The number of anilines is 2. The van der Waals surface area contributed by atoms with Gasteiger partial charge in [0.15, 0.2) is 0 Å². The Kier molecular flexibility index (Phi) is 13.0. The Labute approximate surface area is 215 Å². The Morgan fingerprint density at radius 2 is 1.31 bits per heavy atom. The second-order valence-electron chi connectivity index (χ2n) is 8.23. The quantitative estimate of drug-likeness (QED) is 0.251. The van der Waals surface area contributed by atoms with Crippen LogP contribution >= 0.6 is 0 Å². The lowest BCUT2D eigenvalue weighted by Gasteiger charge is -2.23. The highest BCUT2D eigenvalue weighted by Gasteiger charge is 2.09. The van der Waals surface area contributed by atoms with Gasteiger partial charge in [-0.25, -0.2) is 0 Å². The molecule has 0 bridgehead atoms. The predicted octanol–water partition coefficient (Wildman–Crippen LogP) is 3.80. The number of hydrogen-bond acceptors (Lipinski definition) is 8. The number of ether oxygens (including phenoxy) is 2. The predicted molar refractivity (Wildman–Crippen MR) is 144 cm³/mol. The molecule has 0 aromatic heterocycles. The van der Waals surface area contributed by atoms with Gasteiger partial charge in [0.2, 0.25) is 0 Å². The topological polar surface area (TPSA) is 142 Å². The van der Waals surface area contributed by atoms with E-state index in [0.717, 1.165) is 17.9 Å². The third kappa shape index (κ3) is 13.5. The van der Waals surface area contributed by atoms with E-state index in [1.54, 1.807) is 32.4 Å². The zero-order valence-electron chi connectivity index (χ0n) is 21.5. The van der Waals surface area contributed by atoms with E-state index in [1.165, 1.54) is 11.1 Å². The first-order valence-electron chi connectivity index (χ1n) is 11.5. The summed E-state index contributed by atoms with van der Waals surface area (Å²) in [7, 11) is -4.64. The van der Waals surface area contributed by atoms with E-state index < -0.39 is 20.2 Å². The summed E-state index contributed by atoms with van der Waals surface area (Å²) < 4.78 is 69.9. The number of rotatable bonds is 13. The largest absolute Gasteiger partial charge is 0.497 e. The van der Waals surface area contributed by atoms with E-state index in [2.05, 4.69) is 28.4 Å². The zero-order valence-corrected chi connectivity index (χ0v) is 23.2. The van der Waals surface area contributed by atoms with E-state index >= 15 is 0 Å². The monoisotopic (exact) mass is 546 g/mol. The normalized spacial score (nSPS) is 11.3. The third-order valence-corrected chi connectivity index (χ3v) is 6.65. The second kappa shape index (κ2) is 14.9. The van der Waals surface area contributed by atoms with Crippen LogP contribution in [-0.4, -0.2) is 71.3 Å². The molecular weight excluding hydrogens is 508 g/mol. The molecule has 0 spiro atoms. The van der Waals surface area contributed by atoms with E-state index in [-0.39, 0.29) is 11.5 Å². The van der Waals surface area contributed by atoms with Crippen molar-refractivity contribution in [2.24, 2.45) is 0 Å². The van der Waals surface area contributed by atoms with Gasteiger partial charge in [-0.15, -0.1) is 0 Å². The van der Waals surface area contributed by atoms with Crippen LogP contribution in [0.5, 0.6) is 11.5 Å². The van der Waals surface area contributed by atoms with Crippen LogP contribution in [0.2, 0.25) is 0 Å². The lowest BCUT2D eigenvalue weighted by atomic mass is 10.1. The molecule has 2 aromatic carbocycles. The second-order valence-corrected chi connectivity index (χ2v) is 11.4. The van der Waals surface area contributed by atoms with Gasteiger partial charge in [0.25, 0.3) is 20.2 Å². The molecule has 0 fully saturated rings. The third-order valence-electron chi connectivity index (χ3n) is 5.04. The number of methoxy groups -OCH3 is 2. The van der Waals surface area contributed by atoms with Gasteiger partial charge in [-0.05, 0) is 56.9 Å². The van der Waals surface area contributed by atoms with Crippen LogP contribution in [0.4, 0.5) is 11.4 Å². The molecule has 204 valence electrons. The molecule has 0 aliphatic carbocycles. The number of aryl methyl sites for hydroxylation is 2. The molecule has 0 aliphatic rings. The maximum Gasteiger partial charge on any atom is 0.264 e. The number of nitrogens with zero attached hydrogens (tertiary/aromatic N) is 1. The first-order chi connectivity index (χ1) is 16.8. The van der Waals surface area contributed by atoms with Crippen molar-refractivity contribution in [2.45, 2.75) is 33.6 Å². The molecule has 36 heavy (non-hydrogen) atoms. The summed E-state index contributed by atoms with van der Waals surface area (Å²) in [5.74, 6) is 0.841. The molecular formula is C24H38N2O8S2. The van der Waals surface area contributed by atoms with Crippen LogP contribution in [0, 0.1) is 13.8 Å². The first-order valence-corrected chi connectivity index (χ1v) is 14.7. The van der Waals surface area contributed by atoms with E-state index in [0.29, 0.717) is 37.4 Å². The molecule has 3 N–H and O–H groups in total. The summed E-state index contributed by atoms with van der Waals surface area (Å²) in [6, 6.07) is 11.6. The summed E-state index contributed by atoms with van der Waals surface area (Å²) in [5.41, 5.74) is 4.25. The van der Waals surface area contributed by atoms with Crippen molar-refractivity contribution in [2.75, 3.05) is 55.6 Å². The van der Waals surface area contributed by atoms with Crippen LogP contribution in [0.15, 0.2) is 36.4 Å². The molecule has 0 amide bonds. The molecule has 12 heteroatoms. The molecule has 10 nitrogen and oxygen atoms in total. The van der Waals surface area contributed by atoms with Gasteiger partial charge in [0.05, 0.1) is 25.7 Å². The average Bonchev–Trinajstić information content (AvgIpc) is 2.77.